The van der Waals surface area contributed by atoms with E-state index in [2.05, 4.69) is 20.7 Å². The monoisotopic (exact) mass is 314 g/mol. The molecule has 0 atom stereocenters. The third-order valence-corrected chi connectivity index (χ3v) is 4.72. The van der Waals surface area contributed by atoms with Gasteiger partial charge in [-0.2, -0.15) is 12.7 Å². The van der Waals surface area contributed by atoms with E-state index in [1.165, 1.54) is 4.31 Å². The summed E-state index contributed by atoms with van der Waals surface area (Å²) in [7, 11) is -3.24. The molecular weight excluding hydrogens is 292 g/mol. The van der Waals surface area contributed by atoms with Crippen LogP contribution in [-0.2, 0) is 10.2 Å². The van der Waals surface area contributed by atoms with Gasteiger partial charge in [0.05, 0.1) is 0 Å². The van der Waals surface area contributed by atoms with Crippen molar-refractivity contribution in [2.24, 2.45) is 0 Å². The van der Waals surface area contributed by atoms with Gasteiger partial charge in [0.2, 0.25) is 0 Å². The zero-order valence-corrected chi connectivity index (χ0v) is 12.6. The first-order valence-electron chi connectivity index (χ1n) is 5.89. The van der Waals surface area contributed by atoms with Crippen LogP contribution in [0.1, 0.15) is 39.5 Å². The Morgan fingerprint density at radius 2 is 1.62 bits per heavy atom. The number of rotatable bonds is 10. The van der Waals surface area contributed by atoms with Crippen molar-refractivity contribution in [2.75, 3.05) is 25.0 Å². The summed E-state index contributed by atoms with van der Waals surface area (Å²) in [5.74, 6) is 0. The number of nitrogens with zero attached hydrogens (tertiary/aromatic N) is 1. The Kier molecular flexibility index (Phi) is 9.59. The van der Waals surface area contributed by atoms with E-state index in [-0.39, 0.29) is 0 Å². The predicted octanol–water partition coefficient (Wildman–Crippen LogP) is 2.12. The lowest BCUT2D eigenvalue weighted by molar-refractivity contribution is 0.434. The highest BCUT2D eigenvalue weighted by molar-refractivity contribution is 9.09. The number of nitrogens with one attached hydrogen (secondary N) is 1. The molecule has 0 bridgehead atoms. The highest BCUT2D eigenvalue weighted by Crippen LogP contribution is 2.02. The predicted molar refractivity (Wildman–Crippen MR) is 72.1 cm³/mol. The molecule has 0 aliphatic carbocycles. The van der Waals surface area contributed by atoms with E-state index in [4.69, 9.17) is 0 Å². The van der Waals surface area contributed by atoms with Gasteiger partial charge < -0.3 is 0 Å². The van der Waals surface area contributed by atoms with Gasteiger partial charge in [-0.3, -0.25) is 0 Å². The number of hydrogen-bond acceptors (Lipinski definition) is 2. The first-order chi connectivity index (χ1) is 7.58. The van der Waals surface area contributed by atoms with Crippen molar-refractivity contribution < 1.29 is 8.42 Å². The maximum absolute atomic E-state index is 11.7. The molecule has 1 N–H and O–H groups in total. The molecule has 0 saturated carbocycles. The van der Waals surface area contributed by atoms with E-state index in [0.717, 1.165) is 31.0 Å². The van der Waals surface area contributed by atoms with E-state index < -0.39 is 10.2 Å². The summed E-state index contributed by atoms with van der Waals surface area (Å²) in [5.41, 5.74) is 0. The van der Waals surface area contributed by atoms with Crippen LogP contribution in [0.15, 0.2) is 0 Å². The van der Waals surface area contributed by atoms with Crippen molar-refractivity contribution in [1.29, 1.82) is 0 Å². The highest BCUT2D eigenvalue weighted by Gasteiger charge is 2.16. The third kappa shape index (κ3) is 6.83. The summed E-state index contributed by atoms with van der Waals surface area (Å²) in [6.07, 6.45) is 4.29. The van der Waals surface area contributed by atoms with E-state index in [1.807, 2.05) is 13.8 Å². The summed E-state index contributed by atoms with van der Waals surface area (Å²) >= 11 is 3.37. The van der Waals surface area contributed by atoms with Gasteiger partial charge in [-0.15, -0.1) is 0 Å². The van der Waals surface area contributed by atoms with Gasteiger partial charge in [0.1, 0.15) is 0 Å². The Morgan fingerprint density at radius 3 is 2.12 bits per heavy atom. The average Bonchev–Trinajstić information content (AvgIpc) is 2.24. The fourth-order valence-corrected chi connectivity index (χ4v) is 3.09. The van der Waals surface area contributed by atoms with Gasteiger partial charge in [0.25, 0.3) is 10.2 Å². The standard InChI is InChI=1S/C10H23BrN2O2S/c1-3-13(4-2)16(14,15)12-10-8-6-5-7-9-11/h12H,3-10H2,1-2H3. The molecule has 16 heavy (non-hydrogen) atoms. The molecule has 0 saturated heterocycles. The molecule has 0 rings (SSSR count). The maximum Gasteiger partial charge on any atom is 0.279 e. The fraction of sp³-hybridized carbons (Fsp3) is 1.00. The lowest BCUT2D eigenvalue weighted by atomic mass is 10.2. The molecule has 0 spiro atoms. The zero-order chi connectivity index (χ0) is 12.4. The molecule has 0 radical (unpaired) electrons. The Hall–Kier alpha value is 0.350. The van der Waals surface area contributed by atoms with E-state index in [9.17, 15) is 8.42 Å². The van der Waals surface area contributed by atoms with Gasteiger partial charge in [-0.25, -0.2) is 4.72 Å². The van der Waals surface area contributed by atoms with Gasteiger partial charge in [0.15, 0.2) is 0 Å². The first-order valence-corrected chi connectivity index (χ1v) is 8.45. The zero-order valence-electron chi connectivity index (χ0n) is 10.2. The summed E-state index contributed by atoms with van der Waals surface area (Å²) in [5, 5.41) is 1.03. The average molecular weight is 315 g/mol. The SMILES string of the molecule is CCN(CC)S(=O)(=O)NCCCCCCBr. The summed E-state index contributed by atoms with van der Waals surface area (Å²) in [4.78, 5) is 0. The van der Waals surface area contributed by atoms with Gasteiger partial charge in [0, 0.05) is 25.0 Å². The van der Waals surface area contributed by atoms with Crippen LogP contribution in [0, 0.1) is 0 Å². The fourth-order valence-electron chi connectivity index (χ4n) is 1.43. The second-order valence-corrected chi connectivity index (χ2v) is 6.14. The van der Waals surface area contributed by atoms with E-state index in [1.54, 1.807) is 0 Å². The number of alkyl halides is 1. The minimum Gasteiger partial charge on any atom is -0.202 e. The molecule has 0 fully saturated rings. The van der Waals surface area contributed by atoms with Crippen molar-refractivity contribution in [1.82, 2.24) is 9.03 Å². The van der Waals surface area contributed by atoms with Crippen LogP contribution < -0.4 is 4.72 Å². The lowest BCUT2D eigenvalue weighted by Gasteiger charge is -2.18. The van der Waals surface area contributed by atoms with Gasteiger partial charge in [-0.1, -0.05) is 42.6 Å². The van der Waals surface area contributed by atoms with E-state index >= 15 is 0 Å². The molecule has 0 heterocycles. The van der Waals surface area contributed by atoms with Crippen molar-refractivity contribution in [3.05, 3.63) is 0 Å². The normalized spacial score (nSPS) is 12.2. The molecule has 98 valence electrons. The summed E-state index contributed by atoms with van der Waals surface area (Å²) in [6.45, 7) is 5.28. The molecule has 0 aromatic heterocycles. The Morgan fingerprint density at radius 1 is 1.06 bits per heavy atom. The van der Waals surface area contributed by atoms with E-state index in [0.29, 0.717) is 19.6 Å². The third-order valence-electron chi connectivity index (χ3n) is 2.39. The van der Waals surface area contributed by atoms with Crippen LogP contribution in [-0.4, -0.2) is 37.7 Å². The summed E-state index contributed by atoms with van der Waals surface area (Å²) < 4.78 is 27.4. The highest BCUT2D eigenvalue weighted by atomic mass is 79.9. The molecule has 0 unspecified atom stereocenters. The number of unbranched alkanes of at least 4 members (excludes halogenated alkanes) is 3. The largest absolute Gasteiger partial charge is 0.279 e. The molecule has 4 nitrogen and oxygen atoms in total. The smallest absolute Gasteiger partial charge is 0.202 e. The Bertz CT molecular complexity index is 254. The van der Waals surface area contributed by atoms with Crippen molar-refractivity contribution >= 4 is 26.1 Å². The van der Waals surface area contributed by atoms with Crippen LogP contribution in [0.2, 0.25) is 0 Å². The molecule has 0 aliphatic rings. The van der Waals surface area contributed by atoms with Gasteiger partial charge in [-0.05, 0) is 12.8 Å². The van der Waals surface area contributed by atoms with Crippen LogP contribution >= 0.6 is 15.9 Å². The van der Waals surface area contributed by atoms with Crippen LogP contribution in [0.25, 0.3) is 0 Å². The minimum absolute atomic E-state index is 0.523. The molecule has 0 aromatic carbocycles. The Balaban J connectivity index is 3.74. The van der Waals surface area contributed by atoms with Crippen molar-refractivity contribution in [3.8, 4) is 0 Å². The number of hydrogen-bond donors (Lipinski definition) is 1. The topological polar surface area (TPSA) is 49.4 Å². The molecule has 0 amide bonds. The van der Waals surface area contributed by atoms with Crippen molar-refractivity contribution in [3.63, 3.8) is 0 Å². The molecule has 0 aromatic rings. The molecule has 0 aliphatic heterocycles. The number of halogens is 1. The van der Waals surface area contributed by atoms with Crippen LogP contribution in [0.5, 0.6) is 0 Å². The minimum atomic E-state index is -3.24. The molecule has 6 heteroatoms. The Labute approximate surface area is 108 Å². The first kappa shape index (κ1) is 16.4. The molecular formula is C10H23BrN2O2S. The second-order valence-electron chi connectivity index (χ2n) is 3.59. The quantitative estimate of drug-likeness (QED) is 0.496. The van der Waals surface area contributed by atoms with Crippen molar-refractivity contribution in [2.45, 2.75) is 39.5 Å². The maximum atomic E-state index is 11.7. The van der Waals surface area contributed by atoms with Gasteiger partial charge >= 0.3 is 0 Å². The summed E-state index contributed by atoms with van der Waals surface area (Å²) in [6, 6.07) is 0. The second kappa shape index (κ2) is 9.39. The lowest BCUT2D eigenvalue weighted by Crippen LogP contribution is -2.40. The van der Waals surface area contributed by atoms with Crippen LogP contribution in [0.4, 0.5) is 0 Å². The van der Waals surface area contributed by atoms with Crippen LogP contribution in [0.3, 0.4) is 0 Å².